The topological polar surface area (TPSA) is 148 Å². The first-order valence-corrected chi connectivity index (χ1v) is 17.9. The van der Waals surface area contributed by atoms with Crippen molar-refractivity contribution in [2.24, 2.45) is 0 Å². The second-order valence-electron chi connectivity index (χ2n) is 13.9. The van der Waals surface area contributed by atoms with E-state index < -0.39 is 41.9 Å². The number of nitrogens with zero attached hydrogens (tertiary/aromatic N) is 1. The van der Waals surface area contributed by atoms with Crippen LogP contribution in [0, 0.1) is 0 Å². The van der Waals surface area contributed by atoms with Crippen molar-refractivity contribution in [2.75, 3.05) is 51.4 Å². The molecule has 1 aromatic heterocycles. The van der Waals surface area contributed by atoms with Gasteiger partial charge in [0.15, 0.2) is 0 Å². The number of carbonyl (C=O) groups excluding carboxylic acids is 2. The molecule has 4 rings (SSSR count). The van der Waals surface area contributed by atoms with Crippen LogP contribution in [0.25, 0.3) is 10.9 Å². The van der Waals surface area contributed by atoms with E-state index in [9.17, 15) is 18.9 Å². The number of aromatic nitrogens is 1. The van der Waals surface area contributed by atoms with E-state index in [0.29, 0.717) is 41.9 Å². The Labute approximate surface area is 282 Å². The average molecular weight is 685 g/mol. The molecule has 1 aliphatic heterocycles. The molecule has 2 atom stereocenters. The summed E-state index contributed by atoms with van der Waals surface area (Å²) in [4.78, 5) is 44.9. The third-order valence-corrected chi connectivity index (χ3v) is 9.73. The van der Waals surface area contributed by atoms with Crippen molar-refractivity contribution in [3.8, 4) is 5.75 Å². The number of amides is 1. The molecule has 0 spiro atoms. The van der Waals surface area contributed by atoms with Gasteiger partial charge in [-0.15, -0.1) is 0 Å². The van der Waals surface area contributed by atoms with Crippen molar-refractivity contribution >= 4 is 36.2 Å². The smallest absolute Gasteiger partial charge is 0.459 e. The maximum Gasteiger partial charge on any atom is 0.459 e. The van der Waals surface area contributed by atoms with E-state index in [-0.39, 0.29) is 24.5 Å². The van der Waals surface area contributed by atoms with E-state index in [1.807, 2.05) is 47.6 Å². The van der Waals surface area contributed by atoms with E-state index in [1.165, 1.54) is 13.1 Å². The van der Waals surface area contributed by atoms with Crippen LogP contribution in [0.15, 0.2) is 47.4 Å². The van der Waals surface area contributed by atoms with Gasteiger partial charge in [0.05, 0.1) is 19.8 Å². The zero-order valence-corrected chi connectivity index (χ0v) is 30.1. The molecule has 48 heavy (non-hydrogen) atoms. The molecule has 3 N–H and O–H groups in total. The first-order valence-electron chi connectivity index (χ1n) is 16.3. The van der Waals surface area contributed by atoms with Crippen molar-refractivity contribution in [2.45, 2.75) is 72.3 Å². The standard InChI is InChI=1S/C35H49N4O8P/c1-9-46-48(43,38-23(2)33(42)45-19-16-39-14-17-44-18-15-39)47-30-21-29(26(34(3,4)5)20-27(30)35(6,7)8)37-32(41)25-22-36-28-13-11-10-12-24(28)31(25)40/h10-13,20-23H,9,14-19H2,1-8H3,(H,36,40)(H,37,41)(H,38,43)/t23-,48+/m0/s1. The highest BCUT2D eigenvalue weighted by Crippen LogP contribution is 2.49. The fourth-order valence-electron chi connectivity index (χ4n) is 5.40. The summed E-state index contributed by atoms with van der Waals surface area (Å²) < 4.78 is 36.8. The van der Waals surface area contributed by atoms with Gasteiger partial charge in [-0.05, 0) is 48.4 Å². The zero-order valence-electron chi connectivity index (χ0n) is 29.2. The summed E-state index contributed by atoms with van der Waals surface area (Å²) >= 11 is 0. The highest BCUT2D eigenvalue weighted by atomic mass is 31.2. The number of ether oxygens (including phenoxy) is 2. The van der Waals surface area contributed by atoms with E-state index in [1.54, 1.807) is 37.3 Å². The lowest BCUT2D eigenvalue weighted by Crippen LogP contribution is -2.40. The van der Waals surface area contributed by atoms with Gasteiger partial charge in [0.1, 0.15) is 24.0 Å². The molecule has 0 radical (unpaired) electrons. The van der Waals surface area contributed by atoms with Crippen LogP contribution in [0.5, 0.6) is 5.75 Å². The number of para-hydroxylation sites is 1. The number of fused-ring (bicyclic) bond motifs is 1. The Morgan fingerprint density at radius 2 is 1.71 bits per heavy atom. The van der Waals surface area contributed by atoms with Crippen LogP contribution < -0.4 is 20.4 Å². The lowest BCUT2D eigenvalue weighted by molar-refractivity contribution is -0.146. The number of H-pyrrole nitrogens is 1. The quantitative estimate of drug-likeness (QED) is 0.159. The number of hydrogen-bond donors (Lipinski definition) is 3. The third kappa shape index (κ3) is 9.33. The van der Waals surface area contributed by atoms with Gasteiger partial charge in [-0.2, -0.15) is 5.09 Å². The molecule has 2 aromatic carbocycles. The number of anilines is 1. The predicted molar refractivity (Wildman–Crippen MR) is 187 cm³/mol. The second-order valence-corrected chi connectivity index (χ2v) is 15.6. The van der Waals surface area contributed by atoms with Gasteiger partial charge in [0.25, 0.3) is 5.91 Å². The van der Waals surface area contributed by atoms with Gasteiger partial charge in [0.2, 0.25) is 5.43 Å². The van der Waals surface area contributed by atoms with Crippen molar-refractivity contribution in [3.05, 3.63) is 69.5 Å². The molecule has 1 fully saturated rings. The highest BCUT2D eigenvalue weighted by molar-refractivity contribution is 7.52. The van der Waals surface area contributed by atoms with Crippen molar-refractivity contribution < 1.29 is 32.7 Å². The number of hydrogen-bond acceptors (Lipinski definition) is 9. The molecule has 0 aliphatic carbocycles. The summed E-state index contributed by atoms with van der Waals surface area (Å²) in [5, 5.41) is 6.04. The number of aromatic amines is 1. The Bertz CT molecular complexity index is 1720. The normalized spacial score (nSPS) is 16.2. The molecule has 1 saturated heterocycles. The Kier molecular flexibility index (Phi) is 11.9. The fourth-order valence-corrected chi connectivity index (χ4v) is 6.91. The number of carbonyl (C=O) groups is 2. The summed E-state index contributed by atoms with van der Waals surface area (Å²) in [5.74, 6) is -1.02. The number of benzene rings is 2. The molecule has 3 aromatic rings. The number of esters is 1. The summed E-state index contributed by atoms with van der Waals surface area (Å²) in [6.07, 6.45) is 1.40. The predicted octanol–water partition coefficient (Wildman–Crippen LogP) is 5.75. The Morgan fingerprint density at radius 1 is 1.04 bits per heavy atom. The lowest BCUT2D eigenvalue weighted by atomic mass is 9.79. The number of rotatable bonds is 12. The summed E-state index contributed by atoms with van der Waals surface area (Å²) in [6.45, 7) is 18.8. The van der Waals surface area contributed by atoms with Gasteiger partial charge in [-0.1, -0.05) is 53.7 Å². The Morgan fingerprint density at radius 3 is 2.35 bits per heavy atom. The Balaban J connectivity index is 1.64. The summed E-state index contributed by atoms with van der Waals surface area (Å²) in [6, 6.07) is 9.47. The molecule has 0 saturated carbocycles. The zero-order chi connectivity index (χ0) is 35.3. The molecule has 2 heterocycles. The fraction of sp³-hybridized carbons (Fsp3) is 0.514. The minimum Gasteiger partial charge on any atom is -0.463 e. The maximum absolute atomic E-state index is 14.2. The van der Waals surface area contributed by atoms with Gasteiger partial charge in [-0.3, -0.25) is 23.8 Å². The van der Waals surface area contributed by atoms with Crippen molar-refractivity contribution in [1.82, 2.24) is 15.0 Å². The summed E-state index contributed by atoms with van der Waals surface area (Å²) in [7, 11) is -4.15. The molecular formula is C35H49N4O8P. The van der Waals surface area contributed by atoms with Gasteiger partial charge in [0, 0.05) is 54.1 Å². The Hall–Kier alpha value is -3.54. The van der Waals surface area contributed by atoms with Crippen LogP contribution in [0.1, 0.15) is 76.9 Å². The lowest BCUT2D eigenvalue weighted by Gasteiger charge is -2.31. The number of pyridine rings is 1. The molecule has 12 nitrogen and oxygen atoms in total. The van der Waals surface area contributed by atoms with Gasteiger partial charge in [-0.25, -0.2) is 4.57 Å². The van der Waals surface area contributed by atoms with Crippen LogP contribution in [0.3, 0.4) is 0 Å². The van der Waals surface area contributed by atoms with Crippen LogP contribution in [-0.2, 0) is 34.2 Å². The first kappa shape index (κ1) is 37.3. The van der Waals surface area contributed by atoms with E-state index >= 15 is 0 Å². The molecule has 262 valence electrons. The first-order chi connectivity index (χ1) is 22.5. The van der Waals surface area contributed by atoms with E-state index in [0.717, 1.165) is 18.7 Å². The van der Waals surface area contributed by atoms with Crippen molar-refractivity contribution in [1.29, 1.82) is 0 Å². The number of morpholine rings is 1. The molecular weight excluding hydrogens is 635 g/mol. The van der Waals surface area contributed by atoms with Crippen LogP contribution >= 0.6 is 7.75 Å². The monoisotopic (exact) mass is 684 g/mol. The largest absolute Gasteiger partial charge is 0.463 e. The van der Waals surface area contributed by atoms with E-state index in [2.05, 4.69) is 20.3 Å². The minimum atomic E-state index is -4.15. The van der Waals surface area contributed by atoms with E-state index in [4.69, 9.17) is 18.5 Å². The highest BCUT2D eigenvalue weighted by Gasteiger charge is 2.35. The van der Waals surface area contributed by atoms with Crippen LogP contribution in [0.4, 0.5) is 5.69 Å². The molecule has 0 bridgehead atoms. The van der Waals surface area contributed by atoms with Gasteiger partial charge < -0.3 is 24.3 Å². The number of nitrogens with one attached hydrogen (secondary N) is 3. The minimum absolute atomic E-state index is 0.0301. The molecule has 1 aliphatic rings. The SMILES string of the molecule is CCO[P@](=O)(N[C@@H](C)C(=O)OCCN1CCOCC1)Oc1cc(NC(=O)c2c[nH]c3ccccc3c2=O)c(C(C)(C)C)cc1C(C)(C)C. The van der Waals surface area contributed by atoms with Gasteiger partial charge >= 0.3 is 13.7 Å². The van der Waals surface area contributed by atoms with Crippen molar-refractivity contribution in [3.63, 3.8) is 0 Å². The van der Waals surface area contributed by atoms with Crippen LogP contribution in [0.2, 0.25) is 0 Å². The summed E-state index contributed by atoms with van der Waals surface area (Å²) in [5.41, 5.74) is 1.08. The average Bonchev–Trinajstić information content (AvgIpc) is 3.00. The molecule has 0 unspecified atom stereocenters. The third-order valence-electron chi connectivity index (χ3n) is 8.00. The van der Waals surface area contributed by atoms with Crippen LogP contribution in [-0.4, -0.2) is 73.9 Å². The second kappa shape index (κ2) is 15.3. The molecule has 1 amide bonds. The molecule has 13 heteroatoms. The maximum atomic E-state index is 14.2.